The highest BCUT2D eigenvalue weighted by Gasteiger charge is 2.31. The quantitative estimate of drug-likeness (QED) is 0.758. The van der Waals surface area contributed by atoms with Crippen molar-refractivity contribution in [3.8, 4) is 5.75 Å². The van der Waals surface area contributed by atoms with Gasteiger partial charge >= 0.3 is 0 Å². The minimum atomic E-state index is -3.36. The van der Waals surface area contributed by atoms with E-state index in [0.717, 1.165) is 12.8 Å². The summed E-state index contributed by atoms with van der Waals surface area (Å²) in [5, 5.41) is 13.6. The van der Waals surface area contributed by atoms with Crippen molar-refractivity contribution in [3.63, 3.8) is 0 Å². The molecule has 0 amide bonds. The summed E-state index contributed by atoms with van der Waals surface area (Å²) in [6.45, 7) is 2.74. The summed E-state index contributed by atoms with van der Waals surface area (Å²) in [5.74, 6) is 0.395. The molecular weight excluding hydrogens is 282 g/mol. The Kier molecular flexibility index (Phi) is 5.55. The number of ether oxygens (including phenoxy) is 1. The Bertz CT molecular complexity index is 539. The van der Waals surface area contributed by atoms with E-state index in [0.29, 0.717) is 18.0 Å². The SMILES string of the molecule is COc1cnn(CCN(C)C)c1C(O)C(C)S(C)(=O)=O. The molecule has 0 aliphatic rings. The second-order valence-corrected chi connectivity index (χ2v) is 7.51. The Morgan fingerprint density at radius 2 is 2.10 bits per heavy atom. The van der Waals surface area contributed by atoms with Crippen LogP contribution in [0.15, 0.2) is 6.20 Å². The Balaban J connectivity index is 3.10. The number of aliphatic hydroxyl groups excluding tert-OH is 1. The van der Waals surface area contributed by atoms with Gasteiger partial charge < -0.3 is 14.7 Å². The lowest BCUT2D eigenvalue weighted by molar-refractivity contribution is 0.159. The van der Waals surface area contributed by atoms with Crippen molar-refractivity contribution in [2.45, 2.75) is 24.8 Å². The molecule has 0 bridgehead atoms. The summed E-state index contributed by atoms with van der Waals surface area (Å²) in [7, 11) is 1.96. The molecule has 2 unspecified atom stereocenters. The zero-order valence-corrected chi connectivity index (χ0v) is 13.4. The van der Waals surface area contributed by atoms with Crippen LogP contribution < -0.4 is 4.74 Å². The summed E-state index contributed by atoms with van der Waals surface area (Å²) >= 11 is 0. The van der Waals surface area contributed by atoms with Crippen LogP contribution in [0.25, 0.3) is 0 Å². The third kappa shape index (κ3) is 3.94. The van der Waals surface area contributed by atoms with Gasteiger partial charge in [-0.3, -0.25) is 4.68 Å². The number of nitrogens with zero attached hydrogens (tertiary/aromatic N) is 3. The van der Waals surface area contributed by atoms with Gasteiger partial charge in [-0.1, -0.05) is 0 Å². The summed E-state index contributed by atoms with van der Waals surface area (Å²) in [5.41, 5.74) is 0.396. The Hall–Kier alpha value is -1.12. The Morgan fingerprint density at radius 1 is 1.50 bits per heavy atom. The van der Waals surface area contributed by atoms with Crippen molar-refractivity contribution in [2.24, 2.45) is 0 Å². The lowest BCUT2D eigenvalue weighted by Crippen LogP contribution is -2.28. The maximum Gasteiger partial charge on any atom is 0.162 e. The van der Waals surface area contributed by atoms with Crippen LogP contribution in [0.3, 0.4) is 0 Å². The molecule has 2 atom stereocenters. The van der Waals surface area contributed by atoms with E-state index >= 15 is 0 Å². The van der Waals surface area contributed by atoms with Gasteiger partial charge in [0.1, 0.15) is 11.8 Å². The smallest absolute Gasteiger partial charge is 0.162 e. The lowest BCUT2D eigenvalue weighted by atomic mass is 10.2. The van der Waals surface area contributed by atoms with Gasteiger partial charge in [-0.25, -0.2) is 8.42 Å². The largest absolute Gasteiger partial charge is 0.493 e. The van der Waals surface area contributed by atoms with E-state index in [-0.39, 0.29) is 0 Å². The van der Waals surface area contributed by atoms with Crippen molar-refractivity contribution in [2.75, 3.05) is 34.0 Å². The molecule has 1 N–H and O–H groups in total. The van der Waals surface area contributed by atoms with Crippen LogP contribution >= 0.6 is 0 Å². The summed E-state index contributed by atoms with van der Waals surface area (Å²) in [6.07, 6.45) is 1.42. The van der Waals surface area contributed by atoms with E-state index in [1.54, 1.807) is 4.68 Å². The highest BCUT2D eigenvalue weighted by atomic mass is 32.2. The maximum atomic E-state index is 11.6. The molecule has 1 rings (SSSR count). The number of hydrogen-bond donors (Lipinski definition) is 1. The number of sulfone groups is 1. The van der Waals surface area contributed by atoms with Gasteiger partial charge in [0, 0.05) is 12.8 Å². The highest BCUT2D eigenvalue weighted by Crippen LogP contribution is 2.29. The predicted octanol–water partition coefficient (Wildman–Crippen LogP) is -0.0802. The normalized spacial score (nSPS) is 15.3. The minimum absolute atomic E-state index is 0.395. The van der Waals surface area contributed by atoms with Gasteiger partial charge in [0.2, 0.25) is 0 Å². The van der Waals surface area contributed by atoms with Crippen LogP contribution in [0.2, 0.25) is 0 Å². The van der Waals surface area contributed by atoms with Gasteiger partial charge in [0.25, 0.3) is 0 Å². The van der Waals surface area contributed by atoms with Gasteiger partial charge in [0.05, 0.1) is 25.1 Å². The summed E-state index contributed by atoms with van der Waals surface area (Å²) in [6, 6.07) is 0. The first kappa shape index (κ1) is 16.9. The number of rotatable bonds is 7. The predicted molar refractivity (Wildman–Crippen MR) is 76.6 cm³/mol. The molecule has 1 heterocycles. The molecule has 0 saturated carbocycles. The van der Waals surface area contributed by atoms with Gasteiger partial charge in [0.15, 0.2) is 15.6 Å². The first-order valence-corrected chi connectivity index (χ1v) is 8.25. The van der Waals surface area contributed by atoms with Crippen molar-refractivity contribution >= 4 is 9.84 Å². The first-order chi connectivity index (χ1) is 9.18. The summed E-state index contributed by atoms with van der Waals surface area (Å²) < 4.78 is 30.0. The van der Waals surface area contributed by atoms with E-state index in [1.165, 1.54) is 20.2 Å². The fraction of sp³-hybridized carbons (Fsp3) is 0.750. The van der Waals surface area contributed by atoms with Gasteiger partial charge in [-0.15, -0.1) is 0 Å². The molecule has 0 aliphatic heterocycles. The average molecular weight is 305 g/mol. The molecule has 1 aromatic heterocycles. The number of aromatic nitrogens is 2. The fourth-order valence-electron chi connectivity index (χ4n) is 1.76. The van der Waals surface area contributed by atoms with E-state index in [2.05, 4.69) is 5.10 Å². The number of methoxy groups -OCH3 is 1. The number of likely N-dealkylation sites (N-methyl/N-ethyl adjacent to an activating group) is 1. The van der Waals surface area contributed by atoms with Gasteiger partial charge in [-0.2, -0.15) is 5.10 Å². The van der Waals surface area contributed by atoms with Crippen LogP contribution in [0.4, 0.5) is 0 Å². The van der Waals surface area contributed by atoms with Crippen molar-refractivity contribution < 1.29 is 18.3 Å². The maximum absolute atomic E-state index is 11.6. The van der Waals surface area contributed by atoms with Crippen molar-refractivity contribution in [1.29, 1.82) is 0 Å². The molecule has 0 saturated heterocycles. The molecule has 20 heavy (non-hydrogen) atoms. The second kappa shape index (κ2) is 6.55. The third-order valence-electron chi connectivity index (χ3n) is 3.22. The molecular formula is C12H23N3O4S. The van der Waals surface area contributed by atoms with Crippen molar-refractivity contribution in [1.82, 2.24) is 14.7 Å². The molecule has 8 heteroatoms. The van der Waals surface area contributed by atoms with E-state index in [9.17, 15) is 13.5 Å². The second-order valence-electron chi connectivity index (χ2n) is 5.10. The first-order valence-electron chi connectivity index (χ1n) is 6.29. The van der Waals surface area contributed by atoms with Crippen molar-refractivity contribution in [3.05, 3.63) is 11.9 Å². The molecule has 7 nitrogen and oxygen atoms in total. The molecule has 1 aromatic rings. The Labute approximate surface area is 120 Å². The Morgan fingerprint density at radius 3 is 2.55 bits per heavy atom. The van der Waals surface area contributed by atoms with Gasteiger partial charge in [-0.05, 0) is 21.0 Å². The molecule has 0 fully saturated rings. The third-order valence-corrected chi connectivity index (χ3v) is 4.83. The topological polar surface area (TPSA) is 84.7 Å². The zero-order chi connectivity index (χ0) is 15.5. The highest BCUT2D eigenvalue weighted by molar-refractivity contribution is 7.91. The monoisotopic (exact) mass is 305 g/mol. The average Bonchev–Trinajstić information content (AvgIpc) is 2.76. The van der Waals surface area contributed by atoms with Crippen LogP contribution in [0.5, 0.6) is 5.75 Å². The van der Waals surface area contributed by atoms with Crippen LogP contribution in [-0.4, -0.2) is 67.5 Å². The van der Waals surface area contributed by atoms with E-state index < -0.39 is 21.2 Å². The molecule has 0 spiro atoms. The van der Waals surface area contributed by atoms with Crippen LogP contribution in [-0.2, 0) is 16.4 Å². The fourth-order valence-corrected chi connectivity index (χ4v) is 2.36. The lowest BCUT2D eigenvalue weighted by Gasteiger charge is -2.20. The molecule has 116 valence electrons. The number of aliphatic hydroxyl groups is 1. The van der Waals surface area contributed by atoms with E-state index in [4.69, 9.17) is 4.74 Å². The molecule has 0 radical (unpaired) electrons. The van der Waals surface area contributed by atoms with E-state index in [1.807, 2.05) is 19.0 Å². The van der Waals surface area contributed by atoms with Crippen LogP contribution in [0, 0.1) is 0 Å². The zero-order valence-electron chi connectivity index (χ0n) is 12.6. The molecule has 0 aliphatic carbocycles. The van der Waals surface area contributed by atoms with Crippen LogP contribution in [0.1, 0.15) is 18.7 Å². The number of hydrogen-bond acceptors (Lipinski definition) is 6. The molecule has 0 aromatic carbocycles. The summed E-state index contributed by atoms with van der Waals surface area (Å²) in [4.78, 5) is 1.98. The minimum Gasteiger partial charge on any atom is -0.493 e. The standard InChI is InChI=1S/C12H23N3O4S/c1-9(20(5,17)18)12(16)11-10(19-4)8-13-15(11)7-6-14(2)3/h8-9,12,16H,6-7H2,1-5H3.